The second-order valence-electron chi connectivity index (χ2n) is 9.87. The second kappa shape index (κ2) is 13.1. The quantitative estimate of drug-likeness (QED) is 0.233. The van der Waals surface area contributed by atoms with Crippen molar-refractivity contribution in [2.45, 2.75) is 0 Å². The Morgan fingerprint density at radius 1 is 0.930 bits per heavy atom. The zero-order chi connectivity index (χ0) is 30.3. The van der Waals surface area contributed by atoms with Gasteiger partial charge < -0.3 is 25.0 Å². The average molecular weight is 580 g/mol. The van der Waals surface area contributed by atoms with Gasteiger partial charge in [-0.2, -0.15) is 0 Å². The molecule has 0 aliphatic carbocycles. The van der Waals surface area contributed by atoms with Crippen molar-refractivity contribution in [1.82, 2.24) is 24.0 Å². The minimum atomic E-state index is -0.385. The van der Waals surface area contributed by atoms with Gasteiger partial charge in [-0.05, 0) is 61.6 Å². The van der Waals surface area contributed by atoms with Gasteiger partial charge >= 0.3 is 5.69 Å². The Morgan fingerprint density at radius 3 is 2.42 bits per heavy atom. The Hall–Kier alpha value is -5.26. The third kappa shape index (κ3) is 6.48. The number of fused-ring (bicyclic) bond motifs is 1. The molecule has 5 rings (SSSR count). The fourth-order valence-corrected chi connectivity index (χ4v) is 4.56. The number of imidazole rings is 1. The number of hydrogen-bond donors (Lipinski definition) is 1. The van der Waals surface area contributed by atoms with Crippen LogP contribution in [-0.4, -0.2) is 70.8 Å². The SMILES string of the molecule is COCCN(C)CC=CC(=O)N(C)c1cccc(-n2c(=O)n(-c3ccc(Oc4ccccc4)cc3)c3c(N)ncnc32)c1. The fraction of sp³-hybridized carbons (Fsp3) is 0.188. The summed E-state index contributed by atoms with van der Waals surface area (Å²) < 4.78 is 13.9. The highest BCUT2D eigenvalue weighted by molar-refractivity contribution is 6.01. The van der Waals surface area contributed by atoms with E-state index in [1.54, 1.807) is 62.7 Å². The molecule has 0 aliphatic rings. The molecule has 0 atom stereocenters. The lowest BCUT2D eigenvalue weighted by molar-refractivity contribution is -0.113. The maximum Gasteiger partial charge on any atom is 0.339 e. The molecule has 220 valence electrons. The van der Waals surface area contributed by atoms with Crippen LogP contribution in [0.1, 0.15) is 0 Å². The number of nitrogens with zero attached hydrogens (tertiary/aromatic N) is 6. The summed E-state index contributed by atoms with van der Waals surface area (Å²) in [6, 6.07) is 23.7. The molecular formula is C32H33N7O4. The minimum absolute atomic E-state index is 0.162. The summed E-state index contributed by atoms with van der Waals surface area (Å²) in [6.45, 7) is 1.98. The highest BCUT2D eigenvalue weighted by Gasteiger charge is 2.21. The number of carbonyl (C=O) groups is 1. The molecule has 0 aliphatic heterocycles. The molecule has 2 aromatic heterocycles. The van der Waals surface area contributed by atoms with Crippen molar-refractivity contribution in [3.8, 4) is 22.9 Å². The van der Waals surface area contributed by atoms with Crippen LogP contribution >= 0.6 is 0 Å². The number of hydrogen-bond acceptors (Lipinski definition) is 8. The number of nitrogens with two attached hydrogens (primary N) is 1. The maximum absolute atomic E-state index is 14.0. The smallest absolute Gasteiger partial charge is 0.339 e. The molecule has 0 fully saturated rings. The van der Waals surface area contributed by atoms with E-state index in [1.165, 1.54) is 26.4 Å². The lowest BCUT2D eigenvalue weighted by Crippen LogP contribution is -2.26. The number of para-hydroxylation sites is 1. The van der Waals surface area contributed by atoms with E-state index in [9.17, 15) is 9.59 Å². The number of anilines is 2. The van der Waals surface area contributed by atoms with Crippen molar-refractivity contribution in [2.24, 2.45) is 0 Å². The molecule has 11 heteroatoms. The van der Waals surface area contributed by atoms with Crippen LogP contribution in [-0.2, 0) is 9.53 Å². The Kier molecular flexibility index (Phi) is 8.94. The van der Waals surface area contributed by atoms with Gasteiger partial charge in [0.2, 0.25) is 5.91 Å². The van der Waals surface area contributed by atoms with Crippen LogP contribution in [0.2, 0.25) is 0 Å². The Bertz CT molecular complexity index is 1800. The summed E-state index contributed by atoms with van der Waals surface area (Å²) in [6.07, 6.45) is 4.67. The van der Waals surface area contributed by atoms with Crippen molar-refractivity contribution in [2.75, 3.05) is 51.5 Å². The zero-order valence-corrected chi connectivity index (χ0v) is 24.3. The summed E-state index contributed by atoms with van der Waals surface area (Å²) in [4.78, 5) is 39.0. The van der Waals surface area contributed by atoms with Gasteiger partial charge in [-0.15, -0.1) is 0 Å². The van der Waals surface area contributed by atoms with Gasteiger partial charge in [0.15, 0.2) is 11.5 Å². The first kappa shape index (κ1) is 29.2. The summed E-state index contributed by atoms with van der Waals surface area (Å²) in [5.41, 5.74) is 8.31. The second-order valence-corrected chi connectivity index (χ2v) is 9.87. The third-order valence-electron chi connectivity index (χ3n) is 6.88. The Labute approximate surface area is 249 Å². The summed E-state index contributed by atoms with van der Waals surface area (Å²) in [5.74, 6) is 1.29. The van der Waals surface area contributed by atoms with Crippen molar-refractivity contribution in [3.05, 3.63) is 108 Å². The molecule has 0 unspecified atom stereocenters. The summed E-state index contributed by atoms with van der Waals surface area (Å²) in [5, 5.41) is 0. The van der Waals surface area contributed by atoms with E-state index in [0.717, 1.165) is 6.54 Å². The molecule has 2 heterocycles. The van der Waals surface area contributed by atoms with Crippen LogP contribution in [0.5, 0.6) is 11.5 Å². The number of methoxy groups -OCH3 is 1. The molecular weight excluding hydrogens is 546 g/mol. The van der Waals surface area contributed by atoms with Gasteiger partial charge in [0.05, 0.1) is 18.0 Å². The van der Waals surface area contributed by atoms with Gasteiger partial charge in [-0.1, -0.05) is 30.3 Å². The van der Waals surface area contributed by atoms with E-state index in [0.29, 0.717) is 52.9 Å². The van der Waals surface area contributed by atoms with Crippen LogP contribution in [0.3, 0.4) is 0 Å². The highest BCUT2D eigenvalue weighted by atomic mass is 16.5. The first-order valence-electron chi connectivity index (χ1n) is 13.7. The van der Waals surface area contributed by atoms with E-state index in [-0.39, 0.29) is 17.4 Å². The maximum atomic E-state index is 14.0. The normalized spacial score (nSPS) is 11.4. The highest BCUT2D eigenvalue weighted by Crippen LogP contribution is 2.27. The van der Waals surface area contributed by atoms with Crippen LogP contribution in [0.25, 0.3) is 22.5 Å². The number of rotatable bonds is 11. The number of benzene rings is 3. The van der Waals surface area contributed by atoms with E-state index in [1.807, 2.05) is 48.4 Å². The number of likely N-dealkylation sites (N-methyl/N-ethyl adjacent to an activating group) is 2. The van der Waals surface area contributed by atoms with Crippen molar-refractivity contribution < 1.29 is 14.3 Å². The van der Waals surface area contributed by atoms with Crippen LogP contribution in [0.15, 0.2) is 102 Å². The average Bonchev–Trinajstić information content (AvgIpc) is 3.33. The van der Waals surface area contributed by atoms with Gasteiger partial charge in [0, 0.05) is 39.0 Å². The molecule has 0 bridgehead atoms. The number of nitrogen functional groups attached to an aromatic ring is 1. The van der Waals surface area contributed by atoms with Crippen molar-refractivity contribution in [1.29, 1.82) is 0 Å². The summed E-state index contributed by atoms with van der Waals surface area (Å²) >= 11 is 0. The molecule has 0 saturated carbocycles. The predicted octanol–water partition coefficient (Wildman–Crippen LogP) is 4.04. The standard InChI is InChI=1S/C32H33N7O4/c1-36(19-20-42-3)18-8-13-28(40)37(2)24-9-7-10-25(21-24)39-31-29(30(33)34-22-35-31)38(32(39)41)23-14-16-27(17-15-23)43-26-11-5-4-6-12-26/h4-17,21-22H,18-20H2,1-3H3,(H2,33,34,35). The molecule has 3 aromatic carbocycles. The van der Waals surface area contributed by atoms with E-state index >= 15 is 0 Å². The minimum Gasteiger partial charge on any atom is -0.457 e. The topological polar surface area (TPSA) is 121 Å². The van der Waals surface area contributed by atoms with Gasteiger partial charge in [-0.25, -0.2) is 19.3 Å². The molecule has 0 saturated heterocycles. The van der Waals surface area contributed by atoms with Gasteiger partial charge in [0.25, 0.3) is 0 Å². The molecule has 11 nitrogen and oxygen atoms in total. The van der Waals surface area contributed by atoms with Crippen molar-refractivity contribution in [3.63, 3.8) is 0 Å². The fourth-order valence-electron chi connectivity index (χ4n) is 4.56. The lowest BCUT2D eigenvalue weighted by atomic mass is 10.2. The van der Waals surface area contributed by atoms with Gasteiger partial charge in [0.1, 0.15) is 23.3 Å². The van der Waals surface area contributed by atoms with E-state index in [4.69, 9.17) is 15.2 Å². The molecule has 5 aromatic rings. The number of carbonyl (C=O) groups excluding carboxylic acids is 1. The number of aromatic nitrogens is 4. The van der Waals surface area contributed by atoms with Gasteiger partial charge in [-0.3, -0.25) is 9.36 Å². The first-order valence-corrected chi connectivity index (χ1v) is 13.7. The van der Waals surface area contributed by atoms with Crippen LogP contribution < -0.4 is 21.1 Å². The number of ether oxygens (including phenoxy) is 2. The Balaban J connectivity index is 1.46. The van der Waals surface area contributed by atoms with E-state index < -0.39 is 0 Å². The predicted molar refractivity (Wildman–Crippen MR) is 167 cm³/mol. The third-order valence-corrected chi connectivity index (χ3v) is 6.88. The monoisotopic (exact) mass is 579 g/mol. The molecule has 0 spiro atoms. The Morgan fingerprint density at radius 2 is 1.67 bits per heavy atom. The van der Waals surface area contributed by atoms with E-state index in [2.05, 4.69) is 9.97 Å². The number of amides is 1. The zero-order valence-electron chi connectivity index (χ0n) is 24.3. The van der Waals surface area contributed by atoms with Crippen molar-refractivity contribution >= 4 is 28.6 Å². The first-order chi connectivity index (χ1) is 20.9. The lowest BCUT2D eigenvalue weighted by Gasteiger charge is -2.17. The largest absolute Gasteiger partial charge is 0.457 e. The molecule has 1 amide bonds. The molecule has 0 radical (unpaired) electrons. The molecule has 2 N–H and O–H groups in total. The summed E-state index contributed by atoms with van der Waals surface area (Å²) in [7, 11) is 5.30. The van der Waals surface area contributed by atoms with Crippen LogP contribution in [0, 0.1) is 0 Å². The van der Waals surface area contributed by atoms with Crippen LogP contribution in [0.4, 0.5) is 11.5 Å². The molecule has 43 heavy (non-hydrogen) atoms.